The first kappa shape index (κ1) is 23.2. The van der Waals surface area contributed by atoms with Crippen LogP contribution in [0.4, 0.5) is 5.82 Å². The molecule has 2 amide bonds. The van der Waals surface area contributed by atoms with Gasteiger partial charge in [0, 0.05) is 18.2 Å². The third-order valence-electron chi connectivity index (χ3n) is 6.33. The summed E-state index contributed by atoms with van der Waals surface area (Å²) in [5.41, 5.74) is 3.55. The van der Waals surface area contributed by atoms with E-state index in [1.807, 2.05) is 48.5 Å². The number of nitrogens with zero attached hydrogens (tertiary/aromatic N) is 3. The minimum absolute atomic E-state index is 0.130. The molecule has 0 spiro atoms. The monoisotopic (exact) mass is 516 g/mol. The van der Waals surface area contributed by atoms with E-state index in [-0.39, 0.29) is 42.7 Å². The van der Waals surface area contributed by atoms with E-state index in [1.165, 1.54) is 16.7 Å². The number of fused-ring (bicyclic) bond motifs is 2. The summed E-state index contributed by atoms with van der Waals surface area (Å²) in [6, 6.07) is 19.3. The first-order valence-electron chi connectivity index (χ1n) is 11.8. The molecule has 37 heavy (non-hydrogen) atoms. The van der Waals surface area contributed by atoms with Crippen LogP contribution in [-0.4, -0.2) is 40.7 Å². The highest BCUT2D eigenvalue weighted by atomic mass is 32.2. The van der Waals surface area contributed by atoms with Gasteiger partial charge in [0.05, 0.1) is 29.5 Å². The molecule has 1 N–H and O–H groups in total. The number of hydrogen-bond donors (Lipinski definition) is 1. The van der Waals surface area contributed by atoms with Crippen molar-refractivity contribution in [1.29, 1.82) is 0 Å². The summed E-state index contributed by atoms with van der Waals surface area (Å²) in [5, 5.41) is 7.46. The van der Waals surface area contributed by atoms with Gasteiger partial charge in [-0.1, -0.05) is 36.4 Å². The largest absolute Gasteiger partial charge is 0.467 e. The van der Waals surface area contributed by atoms with E-state index in [0.717, 1.165) is 22.4 Å². The first-order valence-corrected chi connectivity index (χ1v) is 12.9. The Balaban J connectivity index is 1.41. The zero-order chi connectivity index (χ0) is 25.4. The van der Waals surface area contributed by atoms with Gasteiger partial charge in [0.15, 0.2) is 11.5 Å². The van der Waals surface area contributed by atoms with Crippen molar-refractivity contribution in [3.63, 3.8) is 0 Å². The van der Waals surface area contributed by atoms with Crippen molar-refractivity contribution in [3.05, 3.63) is 83.8 Å². The number of carbonyl (C=O) groups is 2. The molecule has 9 nitrogen and oxygen atoms in total. The minimum Gasteiger partial charge on any atom is -0.467 e. The highest BCUT2D eigenvalue weighted by molar-refractivity contribution is 8.00. The average Bonchev–Trinajstić information content (AvgIpc) is 3.65. The number of benzene rings is 2. The molecule has 2 aromatic heterocycles. The number of rotatable bonds is 6. The summed E-state index contributed by atoms with van der Waals surface area (Å²) >= 11 is 1.51. The molecule has 188 valence electrons. The van der Waals surface area contributed by atoms with Gasteiger partial charge in [0.1, 0.15) is 18.1 Å². The van der Waals surface area contributed by atoms with Gasteiger partial charge < -0.3 is 19.2 Å². The van der Waals surface area contributed by atoms with Gasteiger partial charge in [-0.05, 0) is 29.8 Å². The minimum atomic E-state index is -0.287. The van der Waals surface area contributed by atoms with Crippen LogP contribution >= 0.6 is 11.8 Å². The molecule has 0 bridgehead atoms. The molecule has 6 rings (SSSR count). The van der Waals surface area contributed by atoms with E-state index < -0.39 is 0 Å². The lowest BCUT2D eigenvalue weighted by molar-refractivity contribution is -0.123. The average molecular weight is 517 g/mol. The van der Waals surface area contributed by atoms with Crippen LogP contribution in [0.2, 0.25) is 0 Å². The fourth-order valence-corrected chi connectivity index (χ4v) is 5.82. The maximum Gasteiger partial charge on any atom is 0.240 e. The van der Waals surface area contributed by atoms with Crippen molar-refractivity contribution in [2.24, 2.45) is 7.05 Å². The Morgan fingerprint density at radius 1 is 1.11 bits per heavy atom. The van der Waals surface area contributed by atoms with Gasteiger partial charge in [0.2, 0.25) is 18.6 Å². The van der Waals surface area contributed by atoms with Crippen LogP contribution < -0.4 is 19.7 Å². The molecule has 2 aliphatic rings. The predicted octanol–water partition coefficient (Wildman–Crippen LogP) is 3.89. The third kappa shape index (κ3) is 4.44. The van der Waals surface area contributed by atoms with Crippen molar-refractivity contribution in [2.75, 3.05) is 24.0 Å². The molecule has 1 atom stereocenters. The Hall–Kier alpha value is -4.18. The lowest BCUT2D eigenvalue weighted by Crippen LogP contribution is -2.42. The second-order valence-corrected chi connectivity index (χ2v) is 9.81. The third-order valence-corrected chi connectivity index (χ3v) is 7.59. The van der Waals surface area contributed by atoms with Crippen LogP contribution in [0, 0.1) is 0 Å². The van der Waals surface area contributed by atoms with E-state index in [2.05, 4.69) is 5.32 Å². The molecule has 0 radical (unpaired) electrons. The van der Waals surface area contributed by atoms with Crippen LogP contribution in [0.15, 0.2) is 71.3 Å². The topological polar surface area (TPSA) is 98.8 Å². The number of nitrogens with one attached hydrogen (secondary N) is 1. The van der Waals surface area contributed by atoms with E-state index in [4.69, 9.17) is 19.0 Å². The first-order chi connectivity index (χ1) is 18.1. The lowest BCUT2D eigenvalue weighted by atomic mass is 9.99. The summed E-state index contributed by atoms with van der Waals surface area (Å²) < 4.78 is 18.1. The lowest BCUT2D eigenvalue weighted by Gasteiger charge is -2.22. The molecule has 0 saturated heterocycles. The Kier molecular flexibility index (Phi) is 6.09. The molecule has 4 aromatic rings. The second-order valence-electron chi connectivity index (χ2n) is 8.72. The molecule has 0 aliphatic carbocycles. The van der Waals surface area contributed by atoms with Crippen LogP contribution in [-0.2, 0) is 23.2 Å². The van der Waals surface area contributed by atoms with Crippen molar-refractivity contribution in [2.45, 2.75) is 11.8 Å². The molecule has 0 fully saturated rings. The van der Waals surface area contributed by atoms with Crippen LogP contribution in [0.5, 0.6) is 11.5 Å². The SMILES string of the molecule is Cn1nc(-c2ccccc2)c2c1N(CC(=O)NCc1ccco1)C(=O)CSC2c1ccc2c(c1)OCO2. The van der Waals surface area contributed by atoms with Crippen molar-refractivity contribution >= 4 is 29.4 Å². The van der Waals surface area contributed by atoms with Gasteiger partial charge in [-0.15, -0.1) is 11.8 Å². The fraction of sp³-hybridized carbons (Fsp3) is 0.222. The summed E-state index contributed by atoms with van der Waals surface area (Å²) in [6.07, 6.45) is 1.56. The highest BCUT2D eigenvalue weighted by Crippen LogP contribution is 2.49. The molecule has 2 aliphatic heterocycles. The van der Waals surface area contributed by atoms with E-state index >= 15 is 0 Å². The Morgan fingerprint density at radius 2 is 1.95 bits per heavy atom. The predicted molar refractivity (Wildman–Crippen MR) is 138 cm³/mol. The number of hydrogen-bond acceptors (Lipinski definition) is 7. The Morgan fingerprint density at radius 3 is 2.76 bits per heavy atom. The van der Waals surface area contributed by atoms with Gasteiger partial charge in [-0.3, -0.25) is 19.2 Å². The van der Waals surface area contributed by atoms with Gasteiger partial charge in [0.25, 0.3) is 0 Å². The normalized spacial score (nSPS) is 16.4. The van der Waals surface area contributed by atoms with E-state index in [9.17, 15) is 9.59 Å². The number of ether oxygens (including phenoxy) is 2. The van der Waals surface area contributed by atoms with Gasteiger partial charge in [-0.2, -0.15) is 5.10 Å². The Labute approximate surface area is 217 Å². The van der Waals surface area contributed by atoms with Crippen LogP contribution in [0.1, 0.15) is 22.1 Å². The molecule has 1 unspecified atom stereocenters. The van der Waals surface area contributed by atoms with Gasteiger partial charge in [-0.25, -0.2) is 0 Å². The van der Waals surface area contributed by atoms with Crippen molar-refractivity contribution in [1.82, 2.24) is 15.1 Å². The molecule has 10 heteroatoms. The highest BCUT2D eigenvalue weighted by Gasteiger charge is 2.37. The number of amides is 2. The number of aromatic nitrogens is 2. The summed E-state index contributed by atoms with van der Waals surface area (Å²) in [4.78, 5) is 27.9. The van der Waals surface area contributed by atoms with Crippen molar-refractivity contribution < 1.29 is 23.5 Å². The van der Waals surface area contributed by atoms with Gasteiger partial charge >= 0.3 is 0 Å². The number of carbonyl (C=O) groups excluding carboxylic acids is 2. The molecule has 4 heterocycles. The number of aryl methyl sites for hydroxylation is 1. The van der Waals surface area contributed by atoms with Crippen molar-refractivity contribution in [3.8, 4) is 22.8 Å². The van der Waals surface area contributed by atoms with Crippen LogP contribution in [0.3, 0.4) is 0 Å². The fourth-order valence-electron chi connectivity index (χ4n) is 4.64. The van der Waals surface area contributed by atoms with Crippen LogP contribution in [0.25, 0.3) is 11.3 Å². The maximum absolute atomic E-state index is 13.4. The van der Waals surface area contributed by atoms with E-state index in [1.54, 1.807) is 30.1 Å². The number of furan rings is 1. The Bertz CT molecular complexity index is 1450. The molecular formula is C27H24N4O5S. The maximum atomic E-state index is 13.4. The smallest absolute Gasteiger partial charge is 0.240 e. The molecular weight excluding hydrogens is 492 g/mol. The second kappa shape index (κ2) is 9.70. The van der Waals surface area contributed by atoms with E-state index in [0.29, 0.717) is 23.1 Å². The molecule has 2 aromatic carbocycles. The number of anilines is 1. The number of thioether (sulfide) groups is 1. The quantitative estimate of drug-likeness (QED) is 0.415. The molecule has 0 saturated carbocycles. The summed E-state index contributed by atoms with van der Waals surface area (Å²) in [5.74, 6) is 2.37. The summed E-state index contributed by atoms with van der Waals surface area (Å²) in [6.45, 7) is 0.300. The standard InChI is InChI=1S/C27H24N4O5S/c1-30-27-24(25(29-30)17-6-3-2-4-7-17)26(18-9-10-20-21(12-18)36-16-35-20)37-15-23(33)31(27)14-22(32)28-13-19-8-5-11-34-19/h2-12,26H,13-16H2,1H3,(H,28,32). The summed E-state index contributed by atoms with van der Waals surface area (Å²) in [7, 11) is 1.80. The zero-order valence-corrected chi connectivity index (χ0v) is 20.9. The zero-order valence-electron chi connectivity index (χ0n) is 20.0.